The van der Waals surface area contributed by atoms with Crippen molar-refractivity contribution in [2.75, 3.05) is 18.8 Å². The highest BCUT2D eigenvalue weighted by Crippen LogP contribution is 2.20. The van der Waals surface area contributed by atoms with E-state index in [1.165, 1.54) is 6.42 Å². The Morgan fingerprint density at radius 1 is 1.38 bits per heavy atom. The third-order valence-corrected chi connectivity index (χ3v) is 4.73. The number of carbonyl (C=O) groups is 1. The van der Waals surface area contributed by atoms with Crippen LogP contribution in [0.15, 0.2) is 41.0 Å². The number of halogens is 1. The van der Waals surface area contributed by atoms with Crippen molar-refractivity contribution in [1.29, 1.82) is 0 Å². The summed E-state index contributed by atoms with van der Waals surface area (Å²) in [6.45, 7) is 1.78. The normalized spacial score (nSPS) is 16.6. The second-order valence-corrected chi connectivity index (χ2v) is 6.59. The van der Waals surface area contributed by atoms with Gasteiger partial charge in [0.15, 0.2) is 0 Å². The molecule has 1 atom stereocenters. The van der Waals surface area contributed by atoms with E-state index in [1.807, 2.05) is 30.3 Å². The number of benzene rings is 1. The van der Waals surface area contributed by atoms with E-state index in [0.29, 0.717) is 23.4 Å². The number of nitrogens with one attached hydrogen (secondary N) is 2. The van der Waals surface area contributed by atoms with Gasteiger partial charge in [0.05, 0.1) is 11.4 Å². The molecule has 0 bridgehead atoms. The van der Waals surface area contributed by atoms with E-state index in [0.717, 1.165) is 30.8 Å². The van der Waals surface area contributed by atoms with Gasteiger partial charge in [0.2, 0.25) is 11.8 Å². The van der Waals surface area contributed by atoms with Crippen LogP contribution in [-0.4, -0.2) is 35.8 Å². The molecule has 2 heterocycles. The zero-order valence-electron chi connectivity index (χ0n) is 13.4. The number of rotatable bonds is 7. The van der Waals surface area contributed by atoms with Crippen LogP contribution in [0.25, 0.3) is 11.5 Å². The Morgan fingerprint density at radius 2 is 2.21 bits per heavy atom. The van der Waals surface area contributed by atoms with Gasteiger partial charge in [-0.15, -0.1) is 24.2 Å². The highest BCUT2D eigenvalue weighted by molar-refractivity contribution is 7.99. The van der Waals surface area contributed by atoms with Gasteiger partial charge >= 0.3 is 0 Å². The maximum atomic E-state index is 11.8. The number of aromatic nitrogens is 1. The molecule has 1 aromatic carbocycles. The third kappa shape index (κ3) is 5.54. The smallest absolute Gasteiger partial charge is 0.230 e. The van der Waals surface area contributed by atoms with Gasteiger partial charge in [-0.3, -0.25) is 4.79 Å². The van der Waals surface area contributed by atoms with Crippen LogP contribution >= 0.6 is 24.2 Å². The van der Waals surface area contributed by atoms with Gasteiger partial charge in [-0.05, 0) is 31.5 Å². The molecule has 1 aliphatic heterocycles. The molecule has 24 heavy (non-hydrogen) atoms. The SMILES string of the molecule is Cl.O=C(CSCc1coc(-c2ccccc2)n1)NCC1CCCN1. The molecule has 2 aromatic rings. The fraction of sp³-hybridized carbons (Fsp3) is 0.412. The molecule has 1 aromatic heterocycles. The number of oxazole rings is 1. The number of carbonyl (C=O) groups excluding carboxylic acids is 1. The number of hydrogen-bond acceptors (Lipinski definition) is 5. The molecule has 0 aliphatic carbocycles. The minimum Gasteiger partial charge on any atom is -0.444 e. The Morgan fingerprint density at radius 3 is 2.96 bits per heavy atom. The molecule has 1 unspecified atom stereocenters. The van der Waals surface area contributed by atoms with Gasteiger partial charge in [-0.2, -0.15) is 0 Å². The zero-order valence-corrected chi connectivity index (χ0v) is 15.0. The minimum absolute atomic E-state index is 0. The summed E-state index contributed by atoms with van der Waals surface area (Å²) >= 11 is 1.55. The second-order valence-electron chi connectivity index (χ2n) is 5.60. The maximum Gasteiger partial charge on any atom is 0.230 e. The molecule has 1 saturated heterocycles. The first-order chi connectivity index (χ1) is 11.3. The van der Waals surface area contributed by atoms with Crippen molar-refractivity contribution in [1.82, 2.24) is 15.6 Å². The van der Waals surface area contributed by atoms with E-state index in [1.54, 1.807) is 18.0 Å². The molecule has 3 rings (SSSR count). The lowest BCUT2D eigenvalue weighted by Gasteiger charge is -2.10. The van der Waals surface area contributed by atoms with Gasteiger partial charge in [0, 0.05) is 23.9 Å². The summed E-state index contributed by atoms with van der Waals surface area (Å²) in [6, 6.07) is 10.2. The predicted molar refractivity (Wildman–Crippen MR) is 99.4 cm³/mol. The van der Waals surface area contributed by atoms with Crippen molar-refractivity contribution in [2.24, 2.45) is 0 Å². The maximum absolute atomic E-state index is 11.8. The Labute approximate surface area is 152 Å². The molecule has 130 valence electrons. The summed E-state index contributed by atoms with van der Waals surface area (Å²) in [4.78, 5) is 16.3. The lowest BCUT2D eigenvalue weighted by atomic mass is 10.2. The topological polar surface area (TPSA) is 67.2 Å². The predicted octanol–water partition coefficient (Wildman–Crippen LogP) is 2.86. The first-order valence-corrected chi connectivity index (χ1v) is 9.04. The van der Waals surface area contributed by atoms with E-state index in [2.05, 4.69) is 15.6 Å². The largest absolute Gasteiger partial charge is 0.444 e. The number of amides is 1. The van der Waals surface area contributed by atoms with Crippen LogP contribution in [0.5, 0.6) is 0 Å². The molecule has 5 nitrogen and oxygen atoms in total. The summed E-state index contributed by atoms with van der Waals surface area (Å²) < 4.78 is 5.49. The van der Waals surface area contributed by atoms with Crippen molar-refractivity contribution in [3.8, 4) is 11.5 Å². The van der Waals surface area contributed by atoms with Crippen molar-refractivity contribution in [2.45, 2.75) is 24.6 Å². The van der Waals surface area contributed by atoms with Gasteiger partial charge in [-0.25, -0.2) is 4.98 Å². The average molecular weight is 368 g/mol. The van der Waals surface area contributed by atoms with Gasteiger partial charge in [0.1, 0.15) is 6.26 Å². The fourth-order valence-electron chi connectivity index (χ4n) is 2.55. The van der Waals surface area contributed by atoms with Crippen molar-refractivity contribution >= 4 is 30.1 Å². The first-order valence-electron chi connectivity index (χ1n) is 7.89. The summed E-state index contributed by atoms with van der Waals surface area (Å²) in [5.41, 5.74) is 1.82. The zero-order chi connectivity index (χ0) is 15.9. The van der Waals surface area contributed by atoms with Crippen LogP contribution < -0.4 is 10.6 Å². The van der Waals surface area contributed by atoms with Crippen molar-refractivity contribution in [3.63, 3.8) is 0 Å². The van der Waals surface area contributed by atoms with Crippen molar-refractivity contribution in [3.05, 3.63) is 42.3 Å². The molecule has 0 radical (unpaired) electrons. The Balaban J connectivity index is 0.00000208. The lowest BCUT2D eigenvalue weighted by Crippen LogP contribution is -2.37. The lowest BCUT2D eigenvalue weighted by molar-refractivity contribution is -0.118. The molecular formula is C17H22ClN3O2S. The van der Waals surface area contributed by atoms with Crippen LogP contribution in [0.1, 0.15) is 18.5 Å². The molecule has 0 saturated carbocycles. The molecule has 1 amide bonds. The Kier molecular flexibility index (Phi) is 7.62. The Bertz CT molecular complexity index is 630. The van der Waals surface area contributed by atoms with Gasteiger partial charge in [-0.1, -0.05) is 18.2 Å². The monoisotopic (exact) mass is 367 g/mol. The van der Waals surface area contributed by atoms with E-state index in [-0.39, 0.29) is 18.3 Å². The Hall–Kier alpha value is -1.50. The quantitative estimate of drug-likeness (QED) is 0.787. The average Bonchev–Trinajstić information content (AvgIpc) is 3.26. The summed E-state index contributed by atoms with van der Waals surface area (Å²) in [5.74, 6) is 1.82. The van der Waals surface area contributed by atoms with Crippen LogP contribution in [0, 0.1) is 0 Å². The molecule has 7 heteroatoms. The van der Waals surface area contributed by atoms with Gasteiger partial charge < -0.3 is 15.1 Å². The molecule has 1 aliphatic rings. The van der Waals surface area contributed by atoms with Crippen molar-refractivity contribution < 1.29 is 9.21 Å². The summed E-state index contributed by atoms with van der Waals surface area (Å²) in [6.07, 6.45) is 4.01. The van der Waals surface area contributed by atoms with E-state index in [9.17, 15) is 4.79 Å². The molecule has 2 N–H and O–H groups in total. The van der Waals surface area contributed by atoms with Crippen LogP contribution in [0.4, 0.5) is 0 Å². The molecule has 1 fully saturated rings. The van der Waals surface area contributed by atoms with E-state index >= 15 is 0 Å². The first kappa shape index (κ1) is 18.8. The summed E-state index contributed by atoms with van der Waals surface area (Å²) in [5, 5.41) is 6.34. The molecular weight excluding hydrogens is 346 g/mol. The van der Waals surface area contributed by atoms with E-state index < -0.39 is 0 Å². The van der Waals surface area contributed by atoms with Crippen LogP contribution in [0.2, 0.25) is 0 Å². The number of thioether (sulfide) groups is 1. The number of nitrogens with zero attached hydrogens (tertiary/aromatic N) is 1. The van der Waals surface area contributed by atoms with Gasteiger partial charge in [0.25, 0.3) is 0 Å². The van der Waals surface area contributed by atoms with E-state index in [4.69, 9.17) is 4.42 Å². The second kappa shape index (κ2) is 9.71. The summed E-state index contributed by atoms with van der Waals surface area (Å²) in [7, 11) is 0. The highest BCUT2D eigenvalue weighted by atomic mass is 35.5. The van der Waals surface area contributed by atoms with Crippen LogP contribution in [0.3, 0.4) is 0 Å². The standard InChI is InChI=1S/C17H21N3O2S.ClH/c21-16(19-9-14-7-4-8-18-14)12-23-11-15-10-22-17(20-15)13-5-2-1-3-6-13;/h1-3,5-6,10,14,18H,4,7-9,11-12H2,(H,19,21);1H. The third-order valence-electron chi connectivity index (χ3n) is 3.76. The molecule has 0 spiro atoms. The minimum atomic E-state index is 0. The number of hydrogen-bond donors (Lipinski definition) is 2. The van der Waals surface area contributed by atoms with Crippen LogP contribution in [-0.2, 0) is 10.5 Å². The fourth-order valence-corrected chi connectivity index (χ4v) is 3.29. The highest BCUT2D eigenvalue weighted by Gasteiger charge is 2.14.